The van der Waals surface area contributed by atoms with Crippen LogP contribution in [0.15, 0.2) is 4.99 Å². The molecule has 0 bridgehead atoms. The first-order chi connectivity index (χ1) is 6.85. The number of amidine groups is 1. The van der Waals surface area contributed by atoms with Gasteiger partial charge in [-0.15, -0.1) is 0 Å². The van der Waals surface area contributed by atoms with Crippen LogP contribution in [0.3, 0.4) is 0 Å². The molecule has 0 rings (SSSR count). The van der Waals surface area contributed by atoms with Gasteiger partial charge in [0.2, 0.25) is 0 Å². The summed E-state index contributed by atoms with van der Waals surface area (Å²) in [6.07, 6.45) is 1.76. The second-order valence-electron chi connectivity index (χ2n) is 2.83. The number of nitrogens with one attached hydrogen (secondary N) is 1. The second kappa shape index (κ2) is 10.4. The molecule has 0 aliphatic rings. The predicted molar refractivity (Wildman–Crippen MR) is 57.2 cm³/mol. The molecule has 0 spiro atoms. The number of hydrazine groups is 1. The van der Waals surface area contributed by atoms with Gasteiger partial charge in [-0.3, -0.25) is 4.99 Å². The lowest BCUT2D eigenvalue weighted by Crippen LogP contribution is -2.31. The van der Waals surface area contributed by atoms with Crippen LogP contribution in [0.1, 0.15) is 19.8 Å². The van der Waals surface area contributed by atoms with Crippen molar-refractivity contribution >= 4 is 5.84 Å². The van der Waals surface area contributed by atoms with E-state index in [2.05, 4.69) is 17.3 Å². The van der Waals surface area contributed by atoms with E-state index in [0.717, 1.165) is 25.3 Å². The van der Waals surface area contributed by atoms with Crippen molar-refractivity contribution in [3.63, 3.8) is 0 Å². The predicted octanol–water partition coefficient (Wildman–Crippen LogP) is 0.311. The number of nitrogens with two attached hydrogens (primary N) is 1. The minimum Gasteiger partial charge on any atom is -0.383 e. The van der Waals surface area contributed by atoms with Gasteiger partial charge in [-0.1, -0.05) is 6.92 Å². The lowest BCUT2D eigenvalue weighted by molar-refractivity contribution is 0.141. The Labute approximate surface area is 85.6 Å². The highest BCUT2D eigenvalue weighted by Gasteiger charge is 1.95. The summed E-state index contributed by atoms with van der Waals surface area (Å²) in [5.74, 6) is 6.05. The van der Waals surface area contributed by atoms with Crippen LogP contribution in [0.2, 0.25) is 0 Å². The number of hydrogen-bond acceptors (Lipinski definition) is 4. The number of ether oxygens (including phenoxy) is 2. The largest absolute Gasteiger partial charge is 0.383 e. The maximum atomic E-state index is 5.31. The summed E-state index contributed by atoms with van der Waals surface area (Å²) in [4.78, 5) is 4.21. The number of rotatable bonds is 8. The molecule has 0 aliphatic heterocycles. The topological polar surface area (TPSA) is 68.9 Å². The van der Waals surface area contributed by atoms with Crippen LogP contribution in [0.25, 0.3) is 0 Å². The van der Waals surface area contributed by atoms with E-state index in [-0.39, 0.29) is 0 Å². The average Bonchev–Trinajstić information content (AvgIpc) is 2.22. The van der Waals surface area contributed by atoms with Crippen molar-refractivity contribution in [3.8, 4) is 0 Å². The highest BCUT2D eigenvalue weighted by atomic mass is 16.5. The Morgan fingerprint density at radius 2 is 2.14 bits per heavy atom. The van der Waals surface area contributed by atoms with Gasteiger partial charge < -0.3 is 14.9 Å². The van der Waals surface area contributed by atoms with E-state index >= 15 is 0 Å². The van der Waals surface area contributed by atoms with Crippen LogP contribution in [-0.4, -0.2) is 39.3 Å². The van der Waals surface area contributed by atoms with Crippen LogP contribution in [0, 0.1) is 0 Å². The van der Waals surface area contributed by atoms with E-state index in [1.807, 2.05) is 0 Å². The van der Waals surface area contributed by atoms with Crippen molar-refractivity contribution in [3.05, 3.63) is 0 Å². The Bertz CT molecular complexity index is 151. The fourth-order valence-electron chi connectivity index (χ4n) is 0.884. The van der Waals surface area contributed by atoms with Crippen molar-refractivity contribution in [2.75, 3.05) is 33.5 Å². The monoisotopic (exact) mass is 203 g/mol. The standard InChI is InChI=1S/C9H21N3O2/c1-3-6-14-7-4-9(12-10)11-5-8-13-2/h3-8,10H2,1-2H3,(H,11,12). The zero-order valence-corrected chi connectivity index (χ0v) is 9.08. The second-order valence-corrected chi connectivity index (χ2v) is 2.83. The van der Waals surface area contributed by atoms with Gasteiger partial charge in [0.15, 0.2) is 0 Å². The van der Waals surface area contributed by atoms with Gasteiger partial charge in [-0.2, -0.15) is 0 Å². The molecule has 5 heteroatoms. The minimum absolute atomic E-state index is 0.612. The molecule has 0 radical (unpaired) electrons. The van der Waals surface area contributed by atoms with Crippen molar-refractivity contribution in [1.82, 2.24) is 5.43 Å². The van der Waals surface area contributed by atoms with Crippen LogP contribution in [0.4, 0.5) is 0 Å². The third-order valence-corrected chi connectivity index (χ3v) is 1.60. The first kappa shape index (κ1) is 13.4. The normalized spacial score (nSPS) is 11.8. The summed E-state index contributed by atoms with van der Waals surface area (Å²) >= 11 is 0. The zero-order valence-electron chi connectivity index (χ0n) is 9.08. The smallest absolute Gasteiger partial charge is 0.113 e. The van der Waals surface area contributed by atoms with E-state index in [0.29, 0.717) is 19.8 Å². The highest BCUT2D eigenvalue weighted by Crippen LogP contribution is 1.87. The van der Waals surface area contributed by atoms with Gasteiger partial charge in [0.25, 0.3) is 0 Å². The quantitative estimate of drug-likeness (QED) is 0.196. The molecular formula is C9H21N3O2. The van der Waals surface area contributed by atoms with E-state index in [1.54, 1.807) is 7.11 Å². The first-order valence-electron chi connectivity index (χ1n) is 4.91. The van der Waals surface area contributed by atoms with Crippen LogP contribution in [-0.2, 0) is 9.47 Å². The summed E-state index contributed by atoms with van der Waals surface area (Å²) < 4.78 is 10.2. The summed E-state index contributed by atoms with van der Waals surface area (Å²) in [7, 11) is 1.65. The van der Waals surface area contributed by atoms with Crippen LogP contribution in [0.5, 0.6) is 0 Å². The minimum atomic E-state index is 0.612. The van der Waals surface area contributed by atoms with Crippen molar-refractivity contribution in [1.29, 1.82) is 0 Å². The lowest BCUT2D eigenvalue weighted by Gasteiger charge is -2.06. The van der Waals surface area contributed by atoms with Crippen molar-refractivity contribution in [2.24, 2.45) is 10.8 Å². The third-order valence-electron chi connectivity index (χ3n) is 1.60. The zero-order chi connectivity index (χ0) is 10.6. The van der Waals surface area contributed by atoms with Crippen LogP contribution < -0.4 is 11.3 Å². The molecule has 0 atom stereocenters. The molecule has 0 aromatic rings. The van der Waals surface area contributed by atoms with Gasteiger partial charge in [-0.25, -0.2) is 5.84 Å². The molecule has 0 saturated carbocycles. The van der Waals surface area contributed by atoms with Crippen LogP contribution >= 0.6 is 0 Å². The van der Waals surface area contributed by atoms with Gasteiger partial charge in [-0.05, 0) is 6.42 Å². The fraction of sp³-hybridized carbons (Fsp3) is 0.889. The van der Waals surface area contributed by atoms with Crippen molar-refractivity contribution in [2.45, 2.75) is 19.8 Å². The number of hydrogen-bond donors (Lipinski definition) is 2. The molecule has 0 amide bonds. The number of methoxy groups -OCH3 is 1. The fourth-order valence-corrected chi connectivity index (χ4v) is 0.884. The summed E-state index contributed by atoms with van der Waals surface area (Å²) in [6.45, 7) is 4.76. The SMILES string of the molecule is CCCOCCC(=NCCOC)NN. The van der Waals surface area contributed by atoms with Crippen molar-refractivity contribution < 1.29 is 9.47 Å². The summed E-state index contributed by atoms with van der Waals surface area (Å²) in [6, 6.07) is 0. The first-order valence-corrected chi connectivity index (χ1v) is 4.91. The molecule has 0 saturated heterocycles. The molecule has 0 heterocycles. The molecule has 14 heavy (non-hydrogen) atoms. The lowest BCUT2D eigenvalue weighted by atomic mass is 10.4. The molecule has 0 aromatic carbocycles. The molecule has 84 valence electrons. The Morgan fingerprint density at radius 3 is 2.71 bits per heavy atom. The molecule has 5 nitrogen and oxygen atoms in total. The maximum Gasteiger partial charge on any atom is 0.113 e. The third kappa shape index (κ3) is 7.97. The average molecular weight is 203 g/mol. The maximum absolute atomic E-state index is 5.31. The highest BCUT2D eigenvalue weighted by molar-refractivity contribution is 5.81. The molecule has 0 fully saturated rings. The number of aliphatic imine (C=N–C) groups is 1. The molecule has 0 aromatic heterocycles. The summed E-state index contributed by atoms with van der Waals surface area (Å²) in [5.41, 5.74) is 2.55. The Balaban J connectivity index is 3.51. The molecular weight excluding hydrogens is 182 g/mol. The molecule has 3 N–H and O–H groups in total. The Morgan fingerprint density at radius 1 is 1.36 bits per heavy atom. The Hall–Kier alpha value is -0.650. The molecule has 0 aliphatic carbocycles. The van der Waals surface area contributed by atoms with Gasteiger partial charge in [0, 0.05) is 20.1 Å². The number of nitrogens with zero attached hydrogens (tertiary/aromatic N) is 1. The Kier molecular flexibility index (Phi) is 9.95. The molecule has 0 unspecified atom stereocenters. The van der Waals surface area contributed by atoms with Gasteiger partial charge in [0.1, 0.15) is 5.84 Å². The van der Waals surface area contributed by atoms with E-state index in [1.165, 1.54) is 0 Å². The van der Waals surface area contributed by atoms with E-state index in [4.69, 9.17) is 15.3 Å². The van der Waals surface area contributed by atoms with Gasteiger partial charge in [0.05, 0.1) is 19.8 Å². The van der Waals surface area contributed by atoms with E-state index in [9.17, 15) is 0 Å². The summed E-state index contributed by atoms with van der Waals surface area (Å²) in [5, 5.41) is 0. The van der Waals surface area contributed by atoms with Gasteiger partial charge >= 0.3 is 0 Å². The van der Waals surface area contributed by atoms with E-state index < -0.39 is 0 Å².